The van der Waals surface area contributed by atoms with E-state index < -0.39 is 5.54 Å². The van der Waals surface area contributed by atoms with E-state index in [-0.39, 0.29) is 6.04 Å². The third kappa shape index (κ3) is 3.23. The van der Waals surface area contributed by atoms with E-state index in [0.717, 1.165) is 33.7 Å². The van der Waals surface area contributed by atoms with E-state index in [2.05, 4.69) is 102 Å². The second-order valence-corrected chi connectivity index (χ2v) is 8.12. The van der Waals surface area contributed by atoms with Gasteiger partial charge in [0.1, 0.15) is 17.4 Å². The third-order valence-corrected chi connectivity index (χ3v) is 5.69. The largest absolute Gasteiger partial charge is 0.366 e. The quantitative estimate of drug-likeness (QED) is 0.370. The van der Waals surface area contributed by atoms with E-state index in [0.29, 0.717) is 0 Å². The lowest BCUT2D eigenvalue weighted by Crippen LogP contribution is -2.37. The minimum Gasteiger partial charge on any atom is -0.366 e. The highest BCUT2D eigenvalue weighted by molar-refractivity contribution is 5.83. The zero-order chi connectivity index (χ0) is 22.0. The van der Waals surface area contributed by atoms with E-state index in [4.69, 9.17) is 9.97 Å². The van der Waals surface area contributed by atoms with Crippen LogP contribution in [0.2, 0.25) is 0 Å². The number of anilines is 1. The third-order valence-electron chi connectivity index (χ3n) is 5.69. The van der Waals surface area contributed by atoms with Crippen LogP contribution in [0.15, 0.2) is 104 Å². The lowest BCUT2D eigenvalue weighted by molar-refractivity contribution is 0.526. The molecule has 0 fully saturated rings. The standard InChI is InChI=1S/C27H25N5/c1-20(2)31-25-24-26(29-18-28-25)32(19-30-24)27(21-12-6-3-7-13-21,22-14-8-4-9-15-22)23-16-10-5-11-17-23/h3-20H,1-2H3,(H,28,29,31). The van der Waals surface area contributed by atoms with Gasteiger partial charge >= 0.3 is 0 Å². The molecule has 0 spiro atoms. The van der Waals surface area contributed by atoms with Crippen molar-refractivity contribution in [2.45, 2.75) is 25.4 Å². The van der Waals surface area contributed by atoms with Gasteiger partial charge < -0.3 is 5.32 Å². The van der Waals surface area contributed by atoms with Crippen LogP contribution in [0.1, 0.15) is 30.5 Å². The molecule has 0 bridgehead atoms. The molecule has 5 nitrogen and oxygen atoms in total. The van der Waals surface area contributed by atoms with Gasteiger partial charge in [-0.05, 0) is 30.5 Å². The Kier molecular flexibility index (Phi) is 5.15. The Balaban J connectivity index is 1.90. The highest BCUT2D eigenvalue weighted by Gasteiger charge is 2.40. The average Bonchev–Trinajstić information content (AvgIpc) is 3.27. The van der Waals surface area contributed by atoms with E-state index >= 15 is 0 Å². The van der Waals surface area contributed by atoms with Crippen molar-refractivity contribution in [1.29, 1.82) is 0 Å². The molecule has 0 saturated carbocycles. The monoisotopic (exact) mass is 419 g/mol. The molecule has 5 aromatic rings. The fourth-order valence-corrected chi connectivity index (χ4v) is 4.41. The summed E-state index contributed by atoms with van der Waals surface area (Å²) in [7, 11) is 0. The van der Waals surface area contributed by atoms with Crippen LogP contribution in [0.4, 0.5) is 5.82 Å². The van der Waals surface area contributed by atoms with Crippen molar-refractivity contribution >= 4 is 17.0 Å². The SMILES string of the molecule is CC(C)Nc1ncnc2c1ncn2C(c1ccccc1)(c1ccccc1)c1ccccc1. The lowest BCUT2D eigenvalue weighted by Gasteiger charge is -2.37. The number of nitrogens with zero attached hydrogens (tertiary/aromatic N) is 4. The molecule has 0 aliphatic rings. The van der Waals surface area contributed by atoms with Crippen LogP contribution in [0.25, 0.3) is 11.2 Å². The van der Waals surface area contributed by atoms with E-state index in [1.807, 2.05) is 24.5 Å². The maximum Gasteiger partial charge on any atom is 0.166 e. The van der Waals surface area contributed by atoms with Crippen molar-refractivity contribution in [2.24, 2.45) is 0 Å². The summed E-state index contributed by atoms with van der Waals surface area (Å²) in [6.45, 7) is 4.18. The summed E-state index contributed by atoms with van der Waals surface area (Å²) in [4.78, 5) is 14.0. The summed E-state index contributed by atoms with van der Waals surface area (Å²) < 4.78 is 2.18. The number of rotatable bonds is 6. The fraction of sp³-hybridized carbons (Fsp3) is 0.148. The number of benzene rings is 3. The van der Waals surface area contributed by atoms with Crippen LogP contribution in [0.5, 0.6) is 0 Å². The molecule has 0 saturated heterocycles. The minimum absolute atomic E-state index is 0.236. The first kappa shape index (κ1) is 19.9. The number of nitrogens with one attached hydrogen (secondary N) is 1. The molecule has 0 aliphatic carbocycles. The Morgan fingerprint density at radius 1 is 0.688 bits per heavy atom. The molecule has 5 rings (SSSR count). The molecule has 0 aliphatic heterocycles. The van der Waals surface area contributed by atoms with Gasteiger partial charge in [0.2, 0.25) is 0 Å². The first-order chi connectivity index (χ1) is 15.7. The number of fused-ring (bicyclic) bond motifs is 1. The summed E-state index contributed by atoms with van der Waals surface area (Å²) in [6.07, 6.45) is 3.49. The summed E-state index contributed by atoms with van der Waals surface area (Å²) >= 11 is 0. The van der Waals surface area contributed by atoms with Crippen LogP contribution < -0.4 is 5.32 Å². The highest BCUT2D eigenvalue weighted by atomic mass is 15.2. The first-order valence-electron chi connectivity index (χ1n) is 10.8. The Morgan fingerprint density at radius 3 is 1.66 bits per heavy atom. The Hall–Kier alpha value is -3.99. The van der Waals surface area contributed by atoms with Gasteiger partial charge in [-0.1, -0.05) is 91.0 Å². The van der Waals surface area contributed by atoms with Crippen LogP contribution in [-0.4, -0.2) is 25.6 Å². The zero-order valence-corrected chi connectivity index (χ0v) is 18.2. The van der Waals surface area contributed by atoms with Crippen LogP contribution in [0, 0.1) is 0 Å². The van der Waals surface area contributed by atoms with Crippen LogP contribution in [0.3, 0.4) is 0 Å². The molecule has 1 N–H and O–H groups in total. The lowest BCUT2D eigenvalue weighted by atomic mass is 9.76. The summed E-state index contributed by atoms with van der Waals surface area (Å²) in [5, 5.41) is 3.40. The summed E-state index contributed by atoms with van der Waals surface area (Å²) in [6, 6.07) is 31.8. The number of aromatic nitrogens is 4. The minimum atomic E-state index is -0.651. The van der Waals surface area contributed by atoms with Crippen molar-refractivity contribution in [1.82, 2.24) is 19.5 Å². The van der Waals surface area contributed by atoms with E-state index in [1.165, 1.54) is 0 Å². The van der Waals surface area contributed by atoms with Crippen molar-refractivity contribution < 1.29 is 0 Å². The fourth-order valence-electron chi connectivity index (χ4n) is 4.41. The summed E-state index contributed by atoms with van der Waals surface area (Å²) in [5.41, 5.74) is 4.28. The first-order valence-corrected chi connectivity index (χ1v) is 10.8. The highest BCUT2D eigenvalue weighted by Crippen LogP contribution is 2.42. The Bertz CT molecular complexity index is 1220. The van der Waals surface area contributed by atoms with Crippen molar-refractivity contribution in [2.75, 3.05) is 5.32 Å². The molecule has 2 heterocycles. The Labute approximate surface area is 187 Å². The smallest absolute Gasteiger partial charge is 0.166 e. The van der Waals surface area contributed by atoms with Gasteiger partial charge in [0.25, 0.3) is 0 Å². The number of imidazole rings is 1. The second kappa shape index (κ2) is 8.27. The van der Waals surface area contributed by atoms with Crippen LogP contribution in [-0.2, 0) is 5.54 Å². The van der Waals surface area contributed by atoms with Crippen molar-refractivity contribution in [3.63, 3.8) is 0 Å². The Morgan fingerprint density at radius 2 is 1.19 bits per heavy atom. The molecule has 5 heteroatoms. The molecule has 158 valence electrons. The molecule has 0 radical (unpaired) electrons. The van der Waals surface area contributed by atoms with Gasteiger partial charge in [-0.2, -0.15) is 0 Å². The van der Waals surface area contributed by atoms with Gasteiger partial charge in [-0.15, -0.1) is 0 Å². The maximum absolute atomic E-state index is 4.79. The second-order valence-electron chi connectivity index (χ2n) is 8.12. The van der Waals surface area contributed by atoms with Crippen LogP contribution >= 0.6 is 0 Å². The molecule has 3 aromatic carbocycles. The molecule has 32 heavy (non-hydrogen) atoms. The van der Waals surface area contributed by atoms with E-state index in [9.17, 15) is 0 Å². The van der Waals surface area contributed by atoms with Gasteiger partial charge in [0.05, 0.1) is 6.33 Å². The summed E-state index contributed by atoms with van der Waals surface area (Å²) in [5.74, 6) is 0.742. The predicted octanol–water partition coefficient (Wildman–Crippen LogP) is 5.49. The van der Waals surface area contributed by atoms with E-state index in [1.54, 1.807) is 6.33 Å². The predicted molar refractivity (Wildman–Crippen MR) is 129 cm³/mol. The van der Waals surface area contributed by atoms with Gasteiger partial charge in [-0.3, -0.25) is 4.57 Å². The van der Waals surface area contributed by atoms with Gasteiger partial charge in [-0.25, -0.2) is 15.0 Å². The zero-order valence-electron chi connectivity index (χ0n) is 18.2. The molecule has 0 amide bonds. The normalized spacial score (nSPS) is 11.7. The molecule has 0 atom stereocenters. The number of hydrogen-bond acceptors (Lipinski definition) is 4. The molecular weight excluding hydrogens is 394 g/mol. The molecule has 0 unspecified atom stereocenters. The topological polar surface area (TPSA) is 55.6 Å². The van der Waals surface area contributed by atoms with Gasteiger partial charge in [0.15, 0.2) is 11.5 Å². The van der Waals surface area contributed by atoms with Crippen molar-refractivity contribution in [3.8, 4) is 0 Å². The molecule has 2 aromatic heterocycles. The average molecular weight is 420 g/mol. The maximum atomic E-state index is 4.79. The van der Waals surface area contributed by atoms with Crippen molar-refractivity contribution in [3.05, 3.63) is 120 Å². The number of hydrogen-bond donors (Lipinski definition) is 1. The molecular formula is C27H25N5. The van der Waals surface area contributed by atoms with Gasteiger partial charge in [0, 0.05) is 6.04 Å².